The lowest BCUT2D eigenvalue weighted by molar-refractivity contribution is -0.385. The number of aromatic nitrogens is 4. The second kappa shape index (κ2) is 7.48. The maximum absolute atomic E-state index is 12.8. The lowest BCUT2D eigenvalue weighted by Crippen LogP contribution is -2.33. The van der Waals surface area contributed by atoms with Gasteiger partial charge in [0.05, 0.1) is 16.8 Å². The van der Waals surface area contributed by atoms with E-state index >= 15 is 0 Å². The van der Waals surface area contributed by atoms with Crippen LogP contribution in [0.5, 0.6) is 0 Å². The van der Waals surface area contributed by atoms with Crippen molar-refractivity contribution in [1.82, 2.24) is 19.4 Å². The Balaban J connectivity index is 1.69. The SMILES string of the molecule is Cc1ccc(-n2ncc3c(=O)n(NC(=O)c4ccc(C)c([N+](=O)[O-])c4)cnc32)cc1C. The van der Waals surface area contributed by atoms with E-state index in [4.69, 9.17) is 0 Å². The van der Waals surface area contributed by atoms with E-state index in [1.54, 1.807) is 11.6 Å². The first-order valence-corrected chi connectivity index (χ1v) is 9.35. The van der Waals surface area contributed by atoms with Crippen LogP contribution >= 0.6 is 0 Å². The van der Waals surface area contributed by atoms with E-state index < -0.39 is 16.4 Å². The summed E-state index contributed by atoms with van der Waals surface area (Å²) in [5, 5.41) is 15.6. The van der Waals surface area contributed by atoms with Crippen LogP contribution in [0.2, 0.25) is 0 Å². The van der Waals surface area contributed by atoms with Crippen molar-refractivity contribution in [2.45, 2.75) is 20.8 Å². The molecule has 2 aromatic heterocycles. The average Bonchev–Trinajstić information content (AvgIpc) is 3.17. The van der Waals surface area contributed by atoms with E-state index in [-0.39, 0.29) is 16.6 Å². The summed E-state index contributed by atoms with van der Waals surface area (Å²) in [6.07, 6.45) is 2.57. The Morgan fingerprint density at radius 3 is 2.52 bits per heavy atom. The number of nitro groups is 1. The zero-order valence-electron chi connectivity index (χ0n) is 17.0. The number of hydrogen-bond donors (Lipinski definition) is 1. The summed E-state index contributed by atoms with van der Waals surface area (Å²) in [7, 11) is 0. The Bertz CT molecular complexity index is 1420. The highest BCUT2D eigenvalue weighted by Gasteiger charge is 2.17. The molecule has 0 radical (unpaired) electrons. The van der Waals surface area contributed by atoms with E-state index in [9.17, 15) is 19.7 Å². The van der Waals surface area contributed by atoms with E-state index in [0.29, 0.717) is 11.2 Å². The summed E-state index contributed by atoms with van der Waals surface area (Å²) in [5.41, 5.74) is 5.52. The Labute approximate surface area is 175 Å². The maximum Gasteiger partial charge on any atom is 0.283 e. The Morgan fingerprint density at radius 2 is 1.81 bits per heavy atom. The molecular formula is C21H18N6O4. The molecule has 156 valence electrons. The standard InChI is InChI=1S/C21H18N6O4/c1-12-5-7-16(8-14(12)3)26-19-17(10-23-26)21(29)25(11-22-19)24-20(28)15-6-4-13(2)18(9-15)27(30)31/h4-11H,1-3H3,(H,24,28). The second-order valence-corrected chi connectivity index (χ2v) is 7.18. The molecular weight excluding hydrogens is 400 g/mol. The molecule has 1 amide bonds. The molecule has 0 bridgehead atoms. The first-order chi connectivity index (χ1) is 14.8. The Hall–Kier alpha value is -4.34. The van der Waals surface area contributed by atoms with Gasteiger partial charge in [0.25, 0.3) is 17.2 Å². The number of benzene rings is 2. The summed E-state index contributed by atoms with van der Waals surface area (Å²) in [4.78, 5) is 40.2. The molecule has 4 aromatic rings. The molecule has 0 aliphatic carbocycles. The zero-order chi connectivity index (χ0) is 22.3. The molecule has 2 aromatic carbocycles. The summed E-state index contributed by atoms with van der Waals surface area (Å²) in [5.74, 6) is -0.673. The minimum atomic E-state index is -0.673. The molecule has 0 spiro atoms. The molecule has 0 saturated heterocycles. The molecule has 0 saturated carbocycles. The van der Waals surface area contributed by atoms with E-state index in [1.165, 1.54) is 30.7 Å². The van der Waals surface area contributed by atoms with Gasteiger partial charge in [-0.25, -0.2) is 14.3 Å². The summed E-state index contributed by atoms with van der Waals surface area (Å²) >= 11 is 0. The van der Waals surface area contributed by atoms with Gasteiger partial charge in [-0.15, -0.1) is 0 Å². The molecule has 2 heterocycles. The number of nitrogens with zero attached hydrogens (tertiary/aromatic N) is 5. The monoisotopic (exact) mass is 418 g/mol. The molecule has 10 nitrogen and oxygen atoms in total. The predicted molar refractivity (Wildman–Crippen MR) is 114 cm³/mol. The molecule has 31 heavy (non-hydrogen) atoms. The van der Waals surface area contributed by atoms with E-state index in [1.807, 2.05) is 32.0 Å². The highest BCUT2D eigenvalue weighted by atomic mass is 16.6. The Morgan fingerprint density at radius 1 is 1.06 bits per heavy atom. The van der Waals surface area contributed by atoms with E-state index in [0.717, 1.165) is 21.5 Å². The van der Waals surface area contributed by atoms with Crippen molar-refractivity contribution < 1.29 is 9.72 Å². The normalized spacial score (nSPS) is 10.9. The molecule has 0 atom stereocenters. The number of hydrogen-bond acceptors (Lipinski definition) is 6. The number of rotatable bonds is 4. The number of carbonyl (C=O) groups excluding carboxylic acids is 1. The number of aryl methyl sites for hydroxylation is 3. The fourth-order valence-electron chi connectivity index (χ4n) is 3.16. The van der Waals surface area contributed by atoms with Crippen LogP contribution in [0.25, 0.3) is 16.7 Å². The van der Waals surface area contributed by atoms with Crippen molar-refractivity contribution in [2.24, 2.45) is 0 Å². The van der Waals surface area contributed by atoms with Gasteiger partial charge in [-0.05, 0) is 50.1 Å². The molecule has 0 aliphatic rings. The van der Waals surface area contributed by atoms with Crippen LogP contribution < -0.4 is 11.0 Å². The number of nitrogens with one attached hydrogen (secondary N) is 1. The number of fused-ring (bicyclic) bond motifs is 1. The third-order valence-corrected chi connectivity index (χ3v) is 5.11. The lowest BCUT2D eigenvalue weighted by atomic mass is 10.1. The number of amides is 1. The highest BCUT2D eigenvalue weighted by Crippen LogP contribution is 2.20. The van der Waals surface area contributed by atoms with Crippen LogP contribution in [0.3, 0.4) is 0 Å². The summed E-state index contributed by atoms with van der Waals surface area (Å²) in [6, 6.07) is 9.88. The first kappa shape index (κ1) is 20.0. The first-order valence-electron chi connectivity index (χ1n) is 9.35. The van der Waals surface area contributed by atoms with Gasteiger partial charge in [0.15, 0.2) is 5.65 Å². The van der Waals surface area contributed by atoms with Gasteiger partial charge >= 0.3 is 0 Å². The van der Waals surface area contributed by atoms with Crippen molar-refractivity contribution in [3.05, 3.63) is 91.6 Å². The third kappa shape index (κ3) is 3.54. The van der Waals surface area contributed by atoms with Crippen LogP contribution in [0.15, 0.2) is 53.7 Å². The molecule has 0 aliphatic heterocycles. The minimum absolute atomic E-state index is 0.0510. The molecule has 0 fully saturated rings. The molecule has 10 heteroatoms. The van der Waals surface area contributed by atoms with Gasteiger partial charge < -0.3 is 0 Å². The van der Waals surface area contributed by atoms with Crippen molar-refractivity contribution in [2.75, 3.05) is 5.43 Å². The van der Waals surface area contributed by atoms with Crippen LogP contribution in [0.1, 0.15) is 27.0 Å². The molecule has 4 rings (SSSR count). The molecule has 0 unspecified atom stereocenters. The van der Waals surface area contributed by atoms with Gasteiger partial charge in [-0.2, -0.15) is 5.10 Å². The lowest BCUT2D eigenvalue weighted by Gasteiger charge is -2.09. The smallest absolute Gasteiger partial charge is 0.267 e. The van der Waals surface area contributed by atoms with Gasteiger partial charge in [0.1, 0.15) is 11.7 Å². The van der Waals surface area contributed by atoms with Crippen molar-refractivity contribution in [3.8, 4) is 5.69 Å². The largest absolute Gasteiger partial charge is 0.283 e. The zero-order valence-corrected chi connectivity index (χ0v) is 17.0. The minimum Gasteiger partial charge on any atom is -0.267 e. The fourth-order valence-corrected chi connectivity index (χ4v) is 3.16. The Kier molecular flexibility index (Phi) is 4.82. The molecule has 1 N–H and O–H groups in total. The second-order valence-electron chi connectivity index (χ2n) is 7.18. The number of nitro benzene ring substituents is 1. The van der Waals surface area contributed by atoms with Crippen LogP contribution in [-0.2, 0) is 0 Å². The van der Waals surface area contributed by atoms with Crippen molar-refractivity contribution >= 4 is 22.6 Å². The van der Waals surface area contributed by atoms with Crippen LogP contribution in [-0.4, -0.2) is 30.3 Å². The van der Waals surface area contributed by atoms with Crippen molar-refractivity contribution in [1.29, 1.82) is 0 Å². The number of carbonyl (C=O) groups is 1. The summed E-state index contributed by atoms with van der Waals surface area (Å²) in [6.45, 7) is 5.56. The van der Waals surface area contributed by atoms with Gasteiger partial charge in [0.2, 0.25) is 0 Å². The topological polar surface area (TPSA) is 125 Å². The predicted octanol–water partition coefficient (Wildman–Crippen LogP) is 2.80. The van der Waals surface area contributed by atoms with Crippen LogP contribution in [0, 0.1) is 30.9 Å². The average molecular weight is 418 g/mol. The highest BCUT2D eigenvalue weighted by molar-refractivity contribution is 6.00. The quantitative estimate of drug-likeness (QED) is 0.401. The van der Waals surface area contributed by atoms with E-state index in [2.05, 4.69) is 15.5 Å². The fraction of sp³-hybridized carbons (Fsp3) is 0.143. The van der Waals surface area contributed by atoms with Gasteiger partial charge in [-0.1, -0.05) is 12.1 Å². The van der Waals surface area contributed by atoms with Crippen LogP contribution in [0.4, 0.5) is 5.69 Å². The van der Waals surface area contributed by atoms with Gasteiger partial charge in [-0.3, -0.25) is 25.1 Å². The third-order valence-electron chi connectivity index (χ3n) is 5.11. The van der Waals surface area contributed by atoms with Gasteiger partial charge in [0, 0.05) is 17.2 Å². The maximum atomic E-state index is 12.8. The summed E-state index contributed by atoms with van der Waals surface area (Å²) < 4.78 is 2.49. The van der Waals surface area contributed by atoms with Crippen molar-refractivity contribution in [3.63, 3.8) is 0 Å².